The van der Waals surface area contributed by atoms with Crippen LogP contribution in [-0.2, 0) is 4.79 Å². The normalized spacial score (nSPS) is 14.4. The van der Waals surface area contributed by atoms with E-state index in [4.69, 9.17) is 4.74 Å². The molecule has 1 aliphatic rings. The molecule has 0 aliphatic carbocycles. The van der Waals surface area contributed by atoms with E-state index in [1.54, 1.807) is 12.4 Å². The first-order chi connectivity index (χ1) is 12.2. The second-order valence-electron chi connectivity index (χ2n) is 6.19. The number of ether oxygens (including phenoxy) is 1. The molecule has 0 bridgehead atoms. The fourth-order valence-electron chi connectivity index (χ4n) is 2.89. The maximum absolute atomic E-state index is 12.3. The minimum Gasteiger partial charge on any atom is -0.494 e. The Morgan fingerprint density at radius 3 is 2.60 bits per heavy atom. The van der Waals surface area contributed by atoms with Gasteiger partial charge in [-0.3, -0.25) is 4.79 Å². The molecule has 0 radical (unpaired) electrons. The van der Waals surface area contributed by atoms with Crippen molar-refractivity contribution in [2.75, 3.05) is 37.7 Å². The molecule has 2 aromatic rings. The zero-order valence-corrected chi connectivity index (χ0v) is 14.6. The molecule has 0 spiro atoms. The van der Waals surface area contributed by atoms with Gasteiger partial charge in [0.05, 0.1) is 6.61 Å². The first kappa shape index (κ1) is 17.2. The van der Waals surface area contributed by atoms with E-state index in [1.807, 2.05) is 42.2 Å². The molecule has 1 aliphatic heterocycles. The van der Waals surface area contributed by atoms with Crippen LogP contribution in [0.4, 0.5) is 5.95 Å². The molecule has 3 rings (SSSR count). The molecule has 1 saturated heterocycles. The van der Waals surface area contributed by atoms with Crippen LogP contribution in [0, 0.1) is 6.92 Å². The third kappa shape index (κ3) is 4.92. The number of hydrogen-bond acceptors (Lipinski definition) is 5. The second-order valence-corrected chi connectivity index (χ2v) is 6.19. The average molecular weight is 340 g/mol. The van der Waals surface area contributed by atoms with Crippen molar-refractivity contribution in [3.8, 4) is 5.75 Å². The van der Waals surface area contributed by atoms with Crippen LogP contribution in [0.3, 0.4) is 0 Å². The topological polar surface area (TPSA) is 58.6 Å². The summed E-state index contributed by atoms with van der Waals surface area (Å²) in [5.74, 6) is 1.80. The molecule has 0 N–H and O–H groups in total. The second kappa shape index (κ2) is 8.46. The largest absolute Gasteiger partial charge is 0.494 e. The molecular weight excluding hydrogens is 316 g/mol. The van der Waals surface area contributed by atoms with Gasteiger partial charge in [-0.05, 0) is 37.1 Å². The Labute approximate surface area is 148 Å². The minimum absolute atomic E-state index is 0.196. The van der Waals surface area contributed by atoms with Crippen LogP contribution in [0.2, 0.25) is 0 Å². The van der Waals surface area contributed by atoms with Crippen molar-refractivity contribution < 1.29 is 9.53 Å². The van der Waals surface area contributed by atoms with Crippen LogP contribution in [0.25, 0.3) is 0 Å². The number of carbonyl (C=O) groups excluding carboxylic acids is 1. The van der Waals surface area contributed by atoms with E-state index in [1.165, 1.54) is 5.56 Å². The molecule has 0 atom stereocenters. The highest BCUT2D eigenvalue weighted by atomic mass is 16.5. The van der Waals surface area contributed by atoms with Crippen LogP contribution in [0.15, 0.2) is 42.7 Å². The van der Waals surface area contributed by atoms with Gasteiger partial charge in [0.1, 0.15) is 5.75 Å². The van der Waals surface area contributed by atoms with Gasteiger partial charge in [-0.2, -0.15) is 0 Å². The number of piperazine rings is 1. The van der Waals surface area contributed by atoms with Crippen LogP contribution in [-0.4, -0.2) is 53.6 Å². The molecule has 25 heavy (non-hydrogen) atoms. The van der Waals surface area contributed by atoms with Gasteiger partial charge >= 0.3 is 0 Å². The number of amides is 1. The lowest BCUT2D eigenvalue weighted by Gasteiger charge is -2.34. The molecule has 132 valence electrons. The van der Waals surface area contributed by atoms with E-state index in [-0.39, 0.29) is 5.91 Å². The monoisotopic (exact) mass is 340 g/mol. The third-order valence-electron chi connectivity index (χ3n) is 4.26. The van der Waals surface area contributed by atoms with E-state index in [0.29, 0.717) is 13.0 Å². The molecule has 6 heteroatoms. The fourth-order valence-corrected chi connectivity index (χ4v) is 2.89. The lowest BCUT2D eigenvalue weighted by Crippen LogP contribution is -2.49. The van der Waals surface area contributed by atoms with E-state index in [9.17, 15) is 4.79 Å². The van der Waals surface area contributed by atoms with Gasteiger partial charge < -0.3 is 14.5 Å². The Hall–Kier alpha value is -2.63. The van der Waals surface area contributed by atoms with Gasteiger partial charge in [0.25, 0.3) is 0 Å². The zero-order valence-electron chi connectivity index (χ0n) is 14.6. The summed E-state index contributed by atoms with van der Waals surface area (Å²) in [4.78, 5) is 24.9. The lowest BCUT2D eigenvalue weighted by atomic mass is 10.2. The molecule has 1 aromatic carbocycles. The van der Waals surface area contributed by atoms with Crippen molar-refractivity contribution in [3.63, 3.8) is 0 Å². The number of nitrogens with zero attached hydrogens (tertiary/aromatic N) is 4. The zero-order chi connectivity index (χ0) is 17.5. The van der Waals surface area contributed by atoms with Gasteiger partial charge in [0, 0.05) is 45.0 Å². The highest BCUT2D eigenvalue weighted by molar-refractivity contribution is 5.76. The van der Waals surface area contributed by atoms with E-state index in [0.717, 1.165) is 44.3 Å². The molecule has 1 aromatic heterocycles. The first-order valence-electron chi connectivity index (χ1n) is 8.71. The van der Waals surface area contributed by atoms with Gasteiger partial charge in [-0.15, -0.1) is 0 Å². The summed E-state index contributed by atoms with van der Waals surface area (Å²) in [7, 11) is 0. The highest BCUT2D eigenvalue weighted by Crippen LogP contribution is 2.14. The molecule has 1 fully saturated rings. The number of aromatic nitrogens is 2. The van der Waals surface area contributed by atoms with Crippen LogP contribution < -0.4 is 9.64 Å². The lowest BCUT2D eigenvalue weighted by molar-refractivity contribution is -0.131. The molecule has 0 saturated carbocycles. The molecule has 1 amide bonds. The van der Waals surface area contributed by atoms with Crippen LogP contribution in [0.5, 0.6) is 5.75 Å². The van der Waals surface area contributed by atoms with Crippen LogP contribution in [0.1, 0.15) is 18.4 Å². The maximum Gasteiger partial charge on any atom is 0.225 e. The van der Waals surface area contributed by atoms with Crippen LogP contribution >= 0.6 is 0 Å². The summed E-state index contributed by atoms with van der Waals surface area (Å²) in [5, 5.41) is 0. The summed E-state index contributed by atoms with van der Waals surface area (Å²) in [6, 6.07) is 9.77. The van der Waals surface area contributed by atoms with Gasteiger partial charge in [0.2, 0.25) is 11.9 Å². The number of hydrogen-bond donors (Lipinski definition) is 0. The predicted molar refractivity (Wildman–Crippen MR) is 96.7 cm³/mol. The SMILES string of the molecule is Cc1cccc(OCCCC(=O)N2CCN(c3ncccn3)CC2)c1. The Kier molecular flexibility index (Phi) is 5.82. The van der Waals surface area contributed by atoms with Crippen molar-refractivity contribution in [2.24, 2.45) is 0 Å². The van der Waals surface area contributed by atoms with Crippen molar-refractivity contribution in [2.45, 2.75) is 19.8 Å². The maximum atomic E-state index is 12.3. The predicted octanol–water partition coefficient (Wildman–Crippen LogP) is 2.29. The Balaban J connectivity index is 1.37. The molecular formula is C19H24N4O2. The van der Waals surface area contributed by atoms with Gasteiger partial charge in [-0.25, -0.2) is 9.97 Å². The smallest absolute Gasteiger partial charge is 0.225 e. The Bertz CT molecular complexity index is 685. The summed E-state index contributed by atoms with van der Waals surface area (Å²) < 4.78 is 5.70. The fraction of sp³-hybridized carbons (Fsp3) is 0.421. The van der Waals surface area contributed by atoms with Crippen molar-refractivity contribution in [1.82, 2.24) is 14.9 Å². The Morgan fingerprint density at radius 2 is 1.88 bits per heavy atom. The van der Waals surface area contributed by atoms with Crippen molar-refractivity contribution >= 4 is 11.9 Å². The van der Waals surface area contributed by atoms with E-state index >= 15 is 0 Å². The number of carbonyl (C=O) groups is 1. The first-order valence-corrected chi connectivity index (χ1v) is 8.71. The number of benzene rings is 1. The number of aryl methyl sites for hydroxylation is 1. The summed E-state index contributed by atoms with van der Waals surface area (Å²) in [6.45, 7) is 5.58. The highest BCUT2D eigenvalue weighted by Gasteiger charge is 2.21. The third-order valence-corrected chi connectivity index (χ3v) is 4.26. The number of rotatable bonds is 6. The average Bonchev–Trinajstić information content (AvgIpc) is 2.66. The van der Waals surface area contributed by atoms with Crippen molar-refractivity contribution in [3.05, 3.63) is 48.3 Å². The molecule has 0 unspecified atom stereocenters. The van der Waals surface area contributed by atoms with E-state index in [2.05, 4.69) is 14.9 Å². The molecule has 2 heterocycles. The van der Waals surface area contributed by atoms with Gasteiger partial charge in [-0.1, -0.05) is 12.1 Å². The van der Waals surface area contributed by atoms with Gasteiger partial charge in [0.15, 0.2) is 0 Å². The summed E-state index contributed by atoms with van der Waals surface area (Å²) in [5.41, 5.74) is 1.17. The van der Waals surface area contributed by atoms with Crippen molar-refractivity contribution in [1.29, 1.82) is 0 Å². The summed E-state index contributed by atoms with van der Waals surface area (Å²) in [6.07, 6.45) is 4.74. The number of anilines is 1. The Morgan fingerprint density at radius 1 is 1.12 bits per heavy atom. The van der Waals surface area contributed by atoms with E-state index < -0.39 is 0 Å². The summed E-state index contributed by atoms with van der Waals surface area (Å²) >= 11 is 0. The standard InChI is InChI=1S/C19H24N4O2/c1-16-5-2-6-17(15-16)25-14-3-7-18(24)22-10-12-23(13-11-22)19-20-8-4-9-21-19/h2,4-6,8-9,15H,3,7,10-14H2,1H3. The molecule has 6 nitrogen and oxygen atoms in total. The quantitative estimate of drug-likeness (QED) is 0.755. The minimum atomic E-state index is 0.196.